The van der Waals surface area contributed by atoms with Crippen molar-refractivity contribution in [2.75, 3.05) is 6.54 Å². The summed E-state index contributed by atoms with van der Waals surface area (Å²) in [6.45, 7) is 0.595. The zero-order valence-electron chi connectivity index (χ0n) is 22.7. The first kappa shape index (κ1) is 28.4. The molecule has 4 aliphatic carbocycles. The van der Waals surface area contributed by atoms with Gasteiger partial charge in [0.1, 0.15) is 12.1 Å². The minimum atomic E-state index is -1.65. The average molecular weight is 567 g/mol. The number of hydrogen-bond acceptors (Lipinski definition) is 9. The molecule has 1 aliphatic heterocycles. The summed E-state index contributed by atoms with van der Waals surface area (Å²) in [5.74, 6) is 0.599. The smallest absolute Gasteiger partial charge is 0.325 e. The average Bonchev–Trinajstić information content (AvgIpc) is 3.12. The van der Waals surface area contributed by atoms with Gasteiger partial charge in [-0.25, -0.2) is 9.69 Å². The van der Waals surface area contributed by atoms with Crippen LogP contribution in [0.3, 0.4) is 0 Å². The van der Waals surface area contributed by atoms with Crippen molar-refractivity contribution in [1.82, 2.24) is 15.1 Å². The maximum atomic E-state index is 13.9. The third kappa shape index (κ3) is 5.09. The molecule has 0 radical (unpaired) electrons. The van der Waals surface area contributed by atoms with E-state index in [0.29, 0.717) is 32.8 Å². The van der Waals surface area contributed by atoms with E-state index in [4.69, 9.17) is 11.6 Å². The van der Waals surface area contributed by atoms with E-state index in [1.807, 2.05) is 0 Å². The molecule has 6 rings (SSSR count). The van der Waals surface area contributed by atoms with E-state index in [9.17, 15) is 33.9 Å². The van der Waals surface area contributed by atoms with E-state index in [1.54, 1.807) is 24.3 Å². The minimum Gasteiger partial charge on any atom is -0.481 e. The van der Waals surface area contributed by atoms with Crippen LogP contribution < -0.4 is 16.9 Å². The largest absolute Gasteiger partial charge is 0.481 e. The van der Waals surface area contributed by atoms with Gasteiger partial charge in [0.25, 0.3) is 17.7 Å². The SMILES string of the molecule is C[C@]1(c2ccc(C=NN)cc2)NC(=O)N(CC(=O)N(C(=O)C2C3CC4CC(C3)CC2C4)C(=O)[C@@H](N)CC(=O)O)C1=O. The Morgan fingerprint density at radius 1 is 1.10 bits per heavy atom. The summed E-state index contributed by atoms with van der Waals surface area (Å²) < 4.78 is 0. The third-order valence-corrected chi connectivity index (χ3v) is 9.19. The Hall–Kier alpha value is -4.13. The normalized spacial score (nSPS) is 30.9. The molecule has 1 saturated heterocycles. The molecule has 218 valence electrons. The number of urea groups is 1. The maximum Gasteiger partial charge on any atom is 0.325 e. The van der Waals surface area contributed by atoms with Crippen molar-refractivity contribution in [2.24, 2.45) is 46.3 Å². The highest BCUT2D eigenvalue weighted by Crippen LogP contribution is 2.57. The fraction of sp³-hybridized carbons (Fsp3) is 0.536. The molecule has 1 aromatic rings. The summed E-state index contributed by atoms with van der Waals surface area (Å²) in [5, 5.41) is 15.2. The molecule has 5 aliphatic rings. The summed E-state index contributed by atoms with van der Waals surface area (Å²) >= 11 is 0. The van der Waals surface area contributed by atoms with Gasteiger partial charge in [-0.15, -0.1) is 0 Å². The van der Waals surface area contributed by atoms with Crippen LogP contribution >= 0.6 is 0 Å². The Morgan fingerprint density at radius 2 is 1.68 bits per heavy atom. The molecule has 2 atom stereocenters. The van der Waals surface area contributed by atoms with Crippen LogP contribution in [0.2, 0.25) is 0 Å². The molecule has 1 aromatic carbocycles. The highest BCUT2D eigenvalue weighted by Gasteiger charge is 2.54. The molecule has 41 heavy (non-hydrogen) atoms. The number of nitrogens with zero attached hydrogens (tertiary/aromatic N) is 3. The van der Waals surface area contributed by atoms with Gasteiger partial charge in [-0.3, -0.25) is 28.9 Å². The van der Waals surface area contributed by atoms with E-state index in [1.165, 1.54) is 13.1 Å². The molecule has 4 bridgehead atoms. The van der Waals surface area contributed by atoms with Crippen LogP contribution in [-0.2, 0) is 29.5 Å². The Balaban J connectivity index is 1.39. The molecule has 0 aromatic heterocycles. The quantitative estimate of drug-likeness (QED) is 0.149. The van der Waals surface area contributed by atoms with Gasteiger partial charge in [0.05, 0.1) is 18.7 Å². The van der Waals surface area contributed by atoms with Gasteiger partial charge in [-0.2, -0.15) is 5.10 Å². The molecule has 0 spiro atoms. The monoisotopic (exact) mass is 566 g/mol. The Morgan fingerprint density at radius 3 is 2.22 bits per heavy atom. The number of hydrazone groups is 1. The summed E-state index contributed by atoms with van der Waals surface area (Å²) in [6, 6.07) is 3.99. The van der Waals surface area contributed by atoms with Gasteiger partial charge in [0, 0.05) is 5.92 Å². The predicted molar refractivity (Wildman–Crippen MR) is 143 cm³/mol. The summed E-state index contributed by atoms with van der Waals surface area (Å²) in [5.41, 5.74) is 5.41. The molecule has 0 unspecified atom stereocenters. The van der Waals surface area contributed by atoms with Crippen LogP contribution in [0.4, 0.5) is 4.79 Å². The number of nitrogens with one attached hydrogen (secondary N) is 1. The summed E-state index contributed by atoms with van der Waals surface area (Å²) in [7, 11) is 0. The topological polar surface area (TPSA) is 206 Å². The van der Waals surface area contributed by atoms with E-state index in [2.05, 4.69) is 10.4 Å². The molecule has 6 amide bonds. The van der Waals surface area contributed by atoms with E-state index in [-0.39, 0.29) is 11.8 Å². The highest BCUT2D eigenvalue weighted by molar-refractivity contribution is 6.16. The Bertz CT molecular complexity index is 1300. The molecule has 4 saturated carbocycles. The van der Waals surface area contributed by atoms with Gasteiger partial charge < -0.3 is 22.0 Å². The second-order valence-corrected chi connectivity index (χ2v) is 11.9. The van der Waals surface area contributed by atoms with Crippen molar-refractivity contribution >= 4 is 41.8 Å². The lowest BCUT2D eigenvalue weighted by Crippen LogP contribution is -2.59. The van der Waals surface area contributed by atoms with Crippen molar-refractivity contribution in [2.45, 2.75) is 57.0 Å². The van der Waals surface area contributed by atoms with E-state index < -0.39 is 66.1 Å². The first-order valence-corrected chi connectivity index (χ1v) is 13.8. The van der Waals surface area contributed by atoms with Crippen LogP contribution in [0.1, 0.15) is 56.6 Å². The van der Waals surface area contributed by atoms with Crippen molar-refractivity contribution in [3.8, 4) is 0 Å². The molecular weight excluding hydrogens is 532 g/mol. The number of hydrogen-bond donors (Lipinski definition) is 4. The number of aliphatic carboxylic acids is 1. The Labute approximate surface area is 236 Å². The van der Waals surface area contributed by atoms with Crippen molar-refractivity contribution in [1.29, 1.82) is 0 Å². The molecule has 1 heterocycles. The first-order valence-electron chi connectivity index (χ1n) is 13.8. The molecular formula is C28H34N6O7. The van der Waals surface area contributed by atoms with Crippen molar-refractivity contribution < 1.29 is 33.9 Å². The number of amides is 6. The standard InChI is InChI=1S/C28H34N6O7/c1-28(19-4-2-14(3-5-19)12-31-30)26(40)33(27(41)32-28)13-21(35)34(24(38)20(29)11-22(36)37)25(39)23-17-7-15-6-16(9-17)10-18(23)8-15/h2-5,12,15-18,20,23H,6-11,13,29-30H2,1H3,(H,32,41)(H,36,37)/t15?,16?,17?,18?,20-,23?,28+/m0/s1. The number of carboxylic acid groups (broad SMARTS) is 1. The van der Waals surface area contributed by atoms with Gasteiger partial charge in [-0.1, -0.05) is 24.3 Å². The van der Waals surface area contributed by atoms with Crippen LogP contribution in [0.5, 0.6) is 0 Å². The van der Waals surface area contributed by atoms with Crippen LogP contribution in [0.25, 0.3) is 0 Å². The maximum absolute atomic E-state index is 13.9. The lowest BCUT2D eigenvalue weighted by Gasteiger charge is -2.54. The number of benzene rings is 1. The van der Waals surface area contributed by atoms with Crippen molar-refractivity contribution in [3.63, 3.8) is 0 Å². The first-order chi connectivity index (χ1) is 19.4. The Kier molecular flexibility index (Phi) is 7.41. The van der Waals surface area contributed by atoms with E-state index in [0.717, 1.165) is 32.1 Å². The minimum absolute atomic E-state index is 0.0184. The van der Waals surface area contributed by atoms with Crippen LogP contribution in [0.15, 0.2) is 29.4 Å². The zero-order valence-corrected chi connectivity index (χ0v) is 22.7. The highest BCUT2D eigenvalue weighted by atomic mass is 16.4. The number of imide groups is 4. The summed E-state index contributed by atoms with van der Waals surface area (Å²) in [4.78, 5) is 79.7. The molecule has 13 heteroatoms. The fourth-order valence-electron chi connectivity index (χ4n) is 7.50. The second kappa shape index (κ2) is 10.7. The number of carbonyl (C=O) groups excluding carboxylic acids is 5. The molecule has 13 nitrogen and oxygen atoms in total. The lowest BCUT2D eigenvalue weighted by atomic mass is 9.51. The van der Waals surface area contributed by atoms with Crippen LogP contribution in [0, 0.1) is 29.6 Å². The molecule has 6 N–H and O–H groups in total. The van der Waals surface area contributed by atoms with Gasteiger partial charge >= 0.3 is 12.0 Å². The zero-order chi connectivity index (χ0) is 29.6. The van der Waals surface area contributed by atoms with Gasteiger partial charge in [-0.05, 0) is 73.8 Å². The number of rotatable bonds is 8. The number of carboxylic acids is 1. The second-order valence-electron chi connectivity index (χ2n) is 11.9. The fourth-order valence-corrected chi connectivity index (χ4v) is 7.50. The third-order valence-electron chi connectivity index (χ3n) is 9.19. The van der Waals surface area contributed by atoms with Crippen LogP contribution in [-0.4, -0.2) is 69.3 Å². The van der Waals surface area contributed by atoms with Gasteiger partial charge in [0.15, 0.2) is 0 Å². The summed E-state index contributed by atoms with van der Waals surface area (Å²) in [6.07, 6.45) is 5.10. The van der Waals surface area contributed by atoms with Crippen molar-refractivity contribution in [3.05, 3.63) is 35.4 Å². The van der Waals surface area contributed by atoms with E-state index >= 15 is 0 Å². The molecule has 5 fully saturated rings. The number of nitrogens with two attached hydrogens (primary N) is 2. The number of carbonyl (C=O) groups is 6. The lowest BCUT2D eigenvalue weighted by molar-refractivity contribution is -0.165. The predicted octanol–water partition coefficient (Wildman–Crippen LogP) is 0.502. The van der Waals surface area contributed by atoms with Gasteiger partial charge in [0.2, 0.25) is 5.91 Å².